The number of thioether (sulfide) groups is 1. The zero-order chi connectivity index (χ0) is 17.8. The first-order chi connectivity index (χ1) is 12.1. The van der Waals surface area contributed by atoms with Crippen molar-refractivity contribution in [1.29, 1.82) is 0 Å². The second-order valence-corrected chi connectivity index (χ2v) is 6.74. The van der Waals surface area contributed by atoms with Gasteiger partial charge in [-0.2, -0.15) is 0 Å². The average molecular weight is 374 g/mol. The van der Waals surface area contributed by atoms with Crippen LogP contribution in [0, 0.1) is 6.92 Å². The number of H-pyrrole nitrogens is 1. The minimum atomic E-state index is -0.0451. The molecular formula is C18H16ClN3O2S. The van der Waals surface area contributed by atoms with Crippen LogP contribution < -0.4 is 4.74 Å². The first-order valence-electron chi connectivity index (χ1n) is 7.56. The number of nitrogens with one attached hydrogen (secondary N) is 1. The Kier molecular flexibility index (Phi) is 5.40. The number of ether oxygens (including phenoxy) is 1. The van der Waals surface area contributed by atoms with Crippen molar-refractivity contribution in [3.63, 3.8) is 0 Å². The zero-order valence-electron chi connectivity index (χ0n) is 13.7. The van der Waals surface area contributed by atoms with Gasteiger partial charge in [-0.15, -0.1) is 5.10 Å². The molecule has 0 amide bonds. The summed E-state index contributed by atoms with van der Waals surface area (Å²) in [6.07, 6.45) is 0. The number of nitrogens with zero attached hydrogens (tertiary/aromatic N) is 2. The molecule has 0 aliphatic heterocycles. The second-order valence-electron chi connectivity index (χ2n) is 5.39. The Bertz CT molecular complexity index is 894. The van der Waals surface area contributed by atoms with E-state index in [0.29, 0.717) is 27.3 Å². The maximum Gasteiger partial charge on any atom is 0.209 e. The van der Waals surface area contributed by atoms with Gasteiger partial charge in [-0.3, -0.25) is 9.89 Å². The van der Waals surface area contributed by atoms with Crippen molar-refractivity contribution in [3.8, 4) is 17.1 Å². The highest BCUT2D eigenvalue weighted by molar-refractivity contribution is 7.99. The molecule has 3 rings (SSSR count). The lowest BCUT2D eigenvalue weighted by Crippen LogP contribution is -2.03. The van der Waals surface area contributed by atoms with Crippen molar-refractivity contribution < 1.29 is 9.53 Å². The number of ketones is 1. The number of carbonyl (C=O) groups excluding carboxylic acids is 1. The van der Waals surface area contributed by atoms with E-state index in [4.69, 9.17) is 16.3 Å². The van der Waals surface area contributed by atoms with Gasteiger partial charge in [-0.05, 0) is 25.1 Å². The van der Waals surface area contributed by atoms with Crippen molar-refractivity contribution in [2.45, 2.75) is 12.1 Å². The minimum Gasteiger partial charge on any atom is -0.495 e. The normalized spacial score (nSPS) is 10.7. The topological polar surface area (TPSA) is 67.9 Å². The summed E-state index contributed by atoms with van der Waals surface area (Å²) in [6, 6.07) is 13.0. The number of aromatic amines is 1. The van der Waals surface area contributed by atoms with Gasteiger partial charge in [0.05, 0.1) is 17.9 Å². The smallest absolute Gasteiger partial charge is 0.209 e. The number of aryl methyl sites for hydroxylation is 1. The molecule has 0 saturated heterocycles. The fourth-order valence-electron chi connectivity index (χ4n) is 2.20. The van der Waals surface area contributed by atoms with Gasteiger partial charge in [-0.25, -0.2) is 4.98 Å². The predicted octanol–water partition coefficient (Wildman–Crippen LogP) is 4.42. The second kappa shape index (κ2) is 7.72. The molecule has 5 nitrogen and oxygen atoms in total. The van der Waals surface area contributed by atoms with E-state index in [1.165, 1.54) is 24.4 Å². The van der Waals surface area contributed by atoms with E-state index in [1.54, 1.807) is 18.2 Å². The van der Waals surface area contributed by atoms with Crippen LogP contribution in [0.15, 0.2) is 47.6 Å². The maximum atomic E-state index is 12.3. The Morgan fingerprint density at radius 2 is 2.00 bits per heavy atom. The highest BCUT2D eigenvalue weighted by Crippen LogP contribution is 2.26. The summed E-state index contributed by atoms with van der Waals surface area (Å²) >= 11 is 7.34. The van der Waals surface area contributed by atoms with E-state index >= 15 is 0 Å². The van der Waals surface area contributed by atoms with Crippen molar-refractivity contribution in [3.05, 3.63) is 58.6 Å². The highest BCUT2D eigenvalue weighted by atomic mass is 35.5. The van der Waals surface area contributed by atoms with Crippen molar-refractivity contribution in [1.82, 2.24) is 15.2 Å². The number of benzene rings is 2. The minimum absolute atomic E-state index is 0.0451. The largest absolute Gasteiger partial charge is 0.495 e. The number of carbonyl (C=O) groups is 1. The molecule has 3 aromatic rings. The number of aromatic nitrogens is 3. The van der Waals surface area contributed by atoms with Crippen LogP contribution in [0.25, 0.3) is 11.4 Å². The van der Waals surface area contributed by atoms with Gasteiger partial charge >= 0.3 is 0 Å². The molecule has 0 atom stereocenters. The molecule has 7 heteroatoms. The molecule has 1 heterocycles. The summed E-state index contributed by atoms with van der Waals surface area (Å²) < 4.78 is 5.09. The molecule has 0 spiro atoms. The van der Waals surface area contributed by atoms with Crippen LogP contribution in [0.5, 0.6) is 5.75 Å². The van der Waals surface area contributed by atoms with Crippen molar-refractivity contribution >= 4 is 29.1 Å². The first-order valence-corrected chi connectivity index (χ1v) is 8.92. The van der Waals surface area contributed by atoms with E-state index in [0.717, 1.165) is 5.56 Å². The lowest BCUT2D eigenvalue weighted by atomic mass is 10.1. The van der Waals surface area contributed by atoms with E-state index in [2.05, 4.69) is 15.2 Å². The van der Waals surface area contributed by atoms with Gasteiger partial charge in [0.25, 0.3) is 0 Å². The van der Waals surface area contributed by atoms with Gasteiger partial charge in [0.1, 0.15) is 5.75 Å². The third-order valence-corrected chi connectivity index (χ3v) is 4.74. The SMILES string of the molecule is COc1ccc(C(=O)CSc2n[nH]c(-c3ccc(C)cc3)n2)cc1Cl. The number of hydrogen-bond donors (Lipinski definition) is 1. The molecule has 0 bridgehead atoms. The number of Topliss-reactive ketones (excluding diaryl/α,β-unsaturated/α-hetero) is 1. The molecule has 0 aliphatic carbocycles. The lowest BCUT2D eigenvalue weighted by Gasteiger charge is -2.04. The van der Waals surface area contributed by atoms with Gasteiger partial charge in [0.15, 0.2) is 11.6 Å². The van der Waals surface area contributed by atoms with Crippen LogP contribution in [0.1, 0.15) is 15.9 Å². The average Bonchev–Trinajstić information content (AvgIpc) is 3.09. The predicted molar refractivity (Wildman–Crippen MR) is 99.6 cm³/mol. The van der Waals surface area contributed by atoms with Crippen LogP contribution >= 0.6 is 23.4 Å². The molecular weight excluding hydrogens is 358 g/mol. The van der Waals surface area contributed by atoms with E-state index in [9.17, 15) is 4.79 Å². The zero-order valence-corrected chi connectivity index (χ0v) is 15.3. The number of hydrogen-bond acceptors (Lipinski definition) is 5. The van der Waals surface area contributed by atoms with Gasteiger partial charge in [0.2, 0.25) is 5.16 Å². The summed E-state index contributed by atoms with van der Waals surface area (Å²) in [5.41, 5.74) is 2.67. The van der Waals surface area contributed by atoms with Crippen LogP contribution in [0.2, 0.25) is 5.02 Å². The number of halogens is 1. The van der Waals surface area contributed by atoms with Crippen molar-refractivity contribution in [2.24, 2.45) is 0 Å². The Labute approximate surface area is 154 Å². The van der Waals surface area contributed by atoms with Gasteiger partial charge < -0.3 is 4.74 Å². The lowest BCUT2D eigenvalue weighted by molar-refractivity contribution is 0.102. The summed E-state index contributed by atoms with van der Waals surface area (Å²) in [6.45, 7) is 2.03. The van der Waals surface area contributed by atoms with Crippen molar-refractivity contribution in [2.75, 3.05) is 12.9 Å². The van der Waals surface area contributed by atoms with E-state index in [-0.39, 0.29) is 11.5 Å². The molecule has 0 aliphatic rings. The Balaban J connectivity index is 1.65. The fourth-order valence-corrected chi connectivity index (χ4v) is 3.16. The molecule has 25 heavy (non-hydrogen) atoms. The molecule has 1 aromatic heterocycles. The Hall–Kier alpha value is -2.31. The standard InChI is InChI=1S/C18H16ClN3O2S/c1-11-3-5-12(6-4-11)17-20-18(22-21-17)25-10-15(23)13-7-8-16(24-2)14(19)9-13/h3-9H,10H2,1-2H3,(H,20,21,22). The highest BCUT2D eigenvalue weighted by Gasteiger charge is 2.12. The van der Waals surface area contributed by atoms with Crippen LogP contribution in [0.4, 0.5) is 0 Å². The molecule has 1 N–H and O–H groups in total. The number of methoxy groups -OCH3 is 1. The van der Waals surface area contributed by atoms with Crippen LogP contribution in [-0.4, -0.2) is 33.8 Å². The maximum absolute atomic E-state index is 12.3. The summed E-state index contributed by atoms with van der Waals surface area (Å²) in [4.78, 5) is 16.7. The molecule has 0 saturated carbocycles. The molecule has 0 unspecified atom stereocenters. The first kappa shape index (κ1) is 17.5. The number of rotatable bonds is 6. The molecule has 0 fully saturated rings. The molecule has 128 valence electrons. The third-order valence-electron chi connectivity index (χ3n) is 3.60. The Morgan fingerprint density at radius 3 is 2.68 bits per heavy atom. The van der Waals surface area contributed by atoms with Gasteiger partial charge in [0, 0.05) is 11.1 Å². The monoisotopic (exact) mass is 373 g/mol. The van der Waals surface area contributed by atoms with Gasteiger partial charge in [-0.1, -0.05) is 53.2 Å². The molecule has 2 aromatic carbocycles. The van der Waals surface area contributed by atoms with Crippen LogP contribution in [-0.2, 0) is 0 Å². The quantitative estimate of drug-likeness (QED) is 0.511. The fraction of sp³-hybridized carbons (Fsp3) is 0.167. The Morgan fingerprint density at radius 1 is 1.24 bits per heavy atom. The van der Waals surface area contributed by atoms with E-state index in [1.807, 2.05) is 31.2 Å². The van der Waals surface area contributed by atoms with Crippen LogP contribution in [0.3, 0.4) is 0 Å². The van der Waals surface area contributed by atoms with E-state index < -0.39 is 0 Å². The summed E-state index contributed by atoms with van der Waals surface area (Å²) in [5, 5.41) is 8.00. The summed E-state index contributed by atoms with van der Waals surface area (Å²) in [5.74, 6) is 1.41. The molecule has 0 radical (unpaired) electrons. The third kappa shape index (κ3) is 4.21. The summed E-state index contributed by atoms with van der Waals surface area (Å²) in [7, 11) is 1.54.